The molecule has 3 nitrogen and oxygen atoms in total. The van der Waals surface area contributed by atoms with Crippen LogP contribution in [0.1, 0.15) is 13.3 Å². The van der Waals surface area contributed by atoms with E-state index in [9.17, 15) is 4.79 Å². The lowest BCUT2D eigenvalue weighted by Gasteiger charge is -2.46. The number of carbonyl (C=O) groups excluding carboxylic acids is 1. The summed E-state index contributed by atoms with van der Waals surface area (Å²) in [6.07, 6.45) is 0.422. The second-order valence-electron chi connectivity index (χ2n) is 3.92. The molecule has 3 fully saturated rings. The van der Waals surface area contributed by atoms with Crippen LogP contribution in [0, 0.1) is 11.8 Å². The molecule has 3 heteroatoms. The SMILES string of the molecule is CC#CCC(=O)C1CN2CCN1CC2. The summed E-state index contributed by atoms with van der Waals surface area (Å²) in [6.45, 7) is 7.06. The van der Waals surface area contributed by atoms with Gasteiger partial charge in [0.2, 0.25) is 0 Å². The molecular formula is C11H16N2O. The van der Waals surface area contributed by atoms with Crippen LogP contribution >= 0.6 is 0 Å². The Morgan fingerprint density at radius 2 is 2.07 bits per heavy atom. The van der Waals surface area contributed by atoms with Crippen molar-refractivity contribution in [3.63, 3.8) is 0 Å². The third kappa shape index (κ3) is 1.82. The van der Waals surface area contributed by atoms with Crippen LogP contribution in [0.3, 0.4) is 0 Å². The molecule has 3 aliphatic heterocycles. The first kappa shape index (κ1) is 9.70. The summed E-state index contributed by atoms with van der Waals surface area (Å²) in [7, 11) is 0. The molecule has 0 saturated carbocycles. The number of carbonyl (C=O) groups is 1. The van der Waals surface area contributed by atoms with Gasteiger partial charge in [0.15, 0.2) is 5.78 Å². The maximum atomic E-state index is 11.8. The molecule has 0 aromatic heterocycles. The highest BCUT2D eigenvalue weighted by Gasteiger charge is 2.35. The van der Waals surface area contributed by atoms with Crippen LogP contribution in [0.25, 0.3) is 0 Å². The van der Waals surface area contributed by atoms with Crippen molar-refractivity contribution in [2.24, 2.45) is 0 Å². The van der Waals surface area contributed by atoms with Gasteiger partial charge in [-0.3, -0.25) is 14.6 Å². The average molecular weight is 192 g/mol. The first-order valence-electron chi connectivity index (χ1n) is 5.20. The maximum absolute atomic E-state index is 11.8. The topological polar surface area (TPSA) is 23.6 Å². The number of hydrogen-bond donors (Lipinski definition) is 0. The van der Waals surface area contributed by atoms with Crippen molar-refractivity contribution in [2.45, 2.75) is 19.4 Å². The Hall–Kier alpha value is -0.850. The number of piperazine rings is 3. The van der Waals surface area contributed by atoms with Crippen LogP contribution in [0.2, 0.25) is 0 Å². The molecule has 76 valence electrons. The number of fused-ring (bicyclic) bond motifs is 3. The average Bonchev–Trinajstić information content (AvgIpc) is 2.27. The van der Waals surface area contributed by atoms with E-state index >= 15 is 0 Å². The van der Waals surface area contributed by atoms with E-state index in [4.69, 9.17) is 0 Å². The maximum Gasteiger partial charge on any atom is 0.163 e. The number of nitrogens with zero attached hydrogens (tertiary/aromatic N) is 2. The van der Waals surface area contributed by atoms with E-state index in [-0.39, 0.29) is 6.04 Å². The first-order valence-corrected chi connectivity index (χ1v) is 5.20. The normalized spacial score (nSPS) is 34.8. The van der Waals surface area contributed by atoms with Gasteiger partial charge in [-0.05, 0) is 6.92 Å². The molecule has 1 unspecified atom stereocenters. The molecule has 0 aliphatic carbocycles. The monoisotopic (exact) mass is 192 g/mol. The van der Waals surface area contributed by atoms with Crippen molar-refractivity contribution in [2.75, 3.05) is 32.7 Å². The molecular weight excluding hydrogens is 176 g/mol. The predicted octanol–water partition coefficient (Wildman–Crippen LogP) is -0.0313. The van der Waals surface area contributed by atoms with E-state index < -0.39 is 0 Å². The number of hydrogen-bond acceptors (Lipinski definition) is 3. The van der Waals surface area contributed by atoms with Crippen LogP contribution in [0.4, 0.5) is 0 Å². The van der Waals surface area contributed by atoms with E-state index in [1.807, 2.05) is 0 Å². The highest BCUT2D eigenvalue weighted by Crippen LogP contribution is 2.16. The Kier molecular flexibility index (Phi) is 2.85. The first-order chi connectivity index (χ1) is 6.81. The molecule has 2 bridgehead atoms. The minimum Gasteiger partial charge on any atom is -0.299 e. The van der Waals surface area contributed by atoms with Crippen molar-refractivity contribution in [1.29, 1.82) is 0 Å². The Morgan fingerprint density at radius 3 is 2.57 bits per heavy atom. The van der Waals surface area contributed by atoms with E-state index in [0.717, 1.165) is 32.7 Å². The summed E-state index contributed by atoms with van der Waals surface area (Å²) in [5, 5.41) is 0. The minimum atomic E-state index is 0.123. The summed E-state index contributed by atoms with van der Waals surface area (Å²) >= 11 is 0. The second kappa shape index (κ2) is 4.12. The lowest BCUT2D eigenvalue weighted by Crippen LogP contribution is -2.63. The number of ketones is 1. The Balaban J connectivity index is 1.96. The zero-order valence-corrected chi connectivity index (χ0v) is 8.62. The molecule has 0 aromatic rings. The molecule has 0 aromatic carbocycles. The molecule has 0 radical (unpaired) electrons. The summed E-state index contributed by atoms with van der Waals surface area (Å²) in [5.41, 5.74) is 0. The van der Waals surface area contributed by atoms with Gasteiger partial charge in [0.05, 0.1) is 12.5 Å². The molecule has 3 saturated heterocycles. The molecule has 3 rings (SSSR count). The smallest absolute Gasteiger partial charge is 0.163 e. The van der Waals surface area contributed by atoms with Gasteiger partial charge < -0.3 is 0 Å². The zero-order chi connectivity index (χ0) is 9.97. The molecule has 0 spiro atoms. The molecule has 1 atom stereocenters. The molecule has 0 N–H and O–H groups in total. The minimum absolute atomic E-state index is 0.123. The third-order valence-corrected chi connectivity index (χ3v) is 3.09. The van der Waals surface area contributed by atoms with Gasteiger partial charge in [0, 0.05) is 32.7 Å². The Bertz CT molecular complexity index is 281. The van der Waals surface area contributed by atoms with E-state index in [2.05, 4.69) is 21.6 Å². The van der Waals surface area contributed by atoms with Crippen LogP contribution in [0.5, 0.6) is 0 Å². The lowest BCUT2D eigenvalue weighted by atomic mass is 10.0. The van der Waals surface area contributed by atoms with Crippen LogP contribution in [0.15, 0.2) is 0 Å². The van der Waals surface area contributed by atoms with Crippen LogP contribution in [-0.2, 0) is 4.79 Å². The highest BCUT2D eigenvalue weighted by atomic mass is 16.1. The summed E-state index contributed by atoms with van der Waals surface area (Å²) in [4.78, 5) is 16.5. The fourth-order valence-electron chi connectivity index (χ4n) is 2.22. The molecule has 0 amide bonds. The van der Waals surface area contributed by atoms with Gasteiger partial charge in [-0.25, -0.2) is 0 Å². The molecule has 3 heterocycles. The summed E-state index contributed by atoms with van der Waals surface area (Å²) < 4.78 is 0. The van der Waals surface area contributed by atoms with E-state index in [1.54, 1.807) is 6.92 Å². The van der Waals surface area contributed by atoms with Crippen LogP contribution in [-0.4, -0.2) is 54.3 Å². The number of rotatable bonds is 2. The molecule has 14 heavy (non-hydrogen) atoms. The Morgan fingerprint density at radius 1 is 1.36 bits per heavy atom. The molecule has 3 aliphatic rings. The van der Waals surface area contributed by atoms with Gasteiger partial charge in [-0.2, -0.15) is 0 Å². The predicted molar refractivity (Wildman–Crippen MR) is 54.9 cm³/mol. The summed E-state index contributed by atoms with van der Waals surface area (Å²) in [6, 6.07) is 0.123. The second-order valence-corrected chi connectivity index (χ2v) is 3.92. The van der Waals surface area contributed by atoms with Gasteiger partial charge in [0.1, 0.15) is 0 Å². The van der Waals surface area contributed by atoms with Gasteiger partial charge >= 0.3 is 0 Å². The quantitative estimate of drug-likeness (QED) is 0.574. The van der Waals surface area contributed by atoms with Gasteiger partial charge in [0.25, 0.3) is 0 Å². The highest BCUT2D eigenvalue weighted by molar-refractivity contribution is 5.86. The van der Waals surface area contributed by atoms with Crippen molar-refractivity contribution < 1.29 is 4.79 Å². The lowest BCUT2D eigenvalue weighted by molar-refractivity contribution is -0.128. The van der Waals surface area contributed by atoms with Crippen molar-refractivity contribution >= 4 is 5.78 Å². The largest absolute Gasteiger partial charge is 0.299 e. The van der Waals surface area contributed by atoms with Gasteiger partial charge in [-0.15, -0.1) is 5.92 Å². The van der Waals surface area contributed by atoms with Crippen molar-refractivity contribution in [3.8, 4) is 11.8 Å². The van der Waals surface area contributed by atoms with Crippen molar-refractivity contribution in [1.82, 2.24) is 9.80 Å². The van der Waals surface area contributed by atoms with E-state index in [0.29, 0.717) is 12.2 Å². The van der Waals surface area contributed by atoms with Crippen LogP contribution < -0.4 is 0 Å². The van der Waals surface area contributed by atoms with E-state index in [1.165, 1.54) is 0 Å². The Labute approximate surface area is 85.1 Å². The fourth-order valence-corrected chi connectivity index (χ4v) is 2.22. The third-order valence-electron chi connectivity index (χ3n) is 3.09. The van der Waals surface area contributed by atoms with Crippen molar-refractivity contribution in [3.05, 3.63) is 0 Å². The fraction of sp³-hybridized carbons (Fsp3) is 0.727. The van der Waals surface area contributed by atoms with Gasteiger partial charge in [-0.1, -0.05) is 5.92 Å². The standard InChI is InChI=1S/C11H16N2O/c1-2-3-4-11(14)10-9-12-5-7-13(10)8-6-12/h10H,4-9H2,1H3. The summed E-state index contributed by atoms with van der Waals surface area (Å²) in [5.74, 6) is 5.93. The number of Topliss-reactive ketones (excluding diaryl/α,β-unsaturated/α-hetero) is 1. The zero-order valence-electron chi connectivity index (χ0n) is 8.62.